The molecule has 0 aromatic heterocycles. The number of piperidine rings is 1. The van der Waals surface area contributed by atoms with E-state index in [9.17, 15) is 10.4 Å². The van der Waals surface area contributed by atoms with Crippen LogP contribution >= 0.6 is 0 Å². The Kier molecular flexibility index (Phi) is 5.04. The van der Waals surface area contributed by atoms with Gasteiger partial charge in [-0.1, -0.05) is 31.9 Å². The Morgan fingerprint density at radius 3 is 2.08 bits per heavy atom. The zero-order chi connectivity index (χ0) is 18.6. The van der Waals surface area contributed by atoms with Gasteiger partial charge in [0.1, 0.15) is 0 Å². The van der Waals surface area contributed by atoms with Crippen LogP contribution in [0.3, 0.4) is 0 Å². The van der Waals surface area contributed by atoms with Gasteiger partial charge in [0.2, 0.25) is 0 Å². The van der Waals surface area contributed by atoms with Crippen LogP contribution < -0.4 is 0 Å². The highest BCUT2D eigenvalue weighted by molar-refractivity contribution is 5.31. The summed E-state index contributed by atoms with van der Waals surface area (Å²) in [6, 6.07) is 0. The molecule has 2 aliphatic heterocycles. The van der Waals surface area contributed by atoms with Crippen LogP contribution in [0.15, 0.2) is 11.6 Å². The number of nitrogens with zero attached hydrogens (tertiary/aromatic N) is 2. The highest BCUT2D eigenvalue weighted by Crippen LogP contribution is 2.50. The smallest absolute Gasteiger partial charge is 0.0669 e. The lowest BCUT2D eigenvalue weighted by atomic mass is 9.68. The van der Waals surface area contributed by atoms with Gasteiger partial charge in [-0.15, -0.1) is 0 Å². The van der Waals surface area contributed by atoms with Crippen molar-refractivity contribution in [3.8, 4) is 0 Å². The van der Waals surface area contributed by atoms with E-state index >= 15 is 0 Å². The zero-order valence-electron chi connectivity index (χ0n) is 17.0. The summed E-state index contributed by atoms with van der Waals surface area (Å²) in [6.45, 7) is 17.0. The highest BCUT2D eigenvalue weighted by atomic mass is 16.5. The average molecular weight is 339 g/mol. The largest absolute Gasteiger partial charge is 0.313 e. The molecule has 0 radical (unpaired) electrons. The van der Waals surface area contributed by atoms with E-state index in [4.69, 9.17) is 0 Å². The summed E-state index contributed by atoms with van der Waals surface area (Å²) in [6.07, 6.45) is 6.94. The molecule has 2 aliphatic rings. The molecule has 24 heavy (non-hydrogen) atoms. The van der Waals surface area contributed by atoms with Gasteiger partial charge < -0.3 is 10.4 Å². The van der Waals surface area contributed by atoms with Crippen LogP contribution in [0.25, 0.3) is 0 Å². The Bertz CT molecular complexity index is 514. The Labute approximate surface area is 148 Å². The molecule has 4 heteroatoms. The van der Waals surface area contributed by atoms with Gasteiger partial charge in [0.05, 0.1) is 11.1 Å². The van der Waals surface area contributed by atoms with E-state index in [0.29, 0.717) is 5.92 Å². The summed E-state index contributed by atoms with van der Waals surface area (Å²) in [5.74, 6) is 0.604. The summed E-state index contributed by atoms with van der Waals surface area (Å²) in [5.41, 5.74) is -0.146. The summed E-state index contributed by atoms with van der Waals surface area (Å²) < 4.78 is 0. The average Bonchev–Trinajstić information content (AvgIpc) is 2.64. The van der Waals surface area contributed by atoms with Crippen molar-refractivity contribution in [3.05, 3.63) is 11.6 Å². The molecule has 2 rings (SSSR count). The lowest BCUT2D eigenvalue weighted by Crippen LogP contribution is -2.64. The highest BCUT2D eigenvalue weighted by Gasteiger charge is 2.55. The monoisotopic (exact) mass is 338 g/mol. The Hall–Kier alpha value is -0.420. The molecule has 2 N–H and O–H groups in total. The molecule has 3 atom stereocenters. The van der Waals surface area contributed by atoms with Crippen LogP contribution in [0.1, 0.15) is 87.5 Å². The van der Waals surface area contributed by atoms with Crippen molar-refractivity contribution in [3.63, 3.8) is 0 Å². The van der Waals surface area contributed by atoms with E-state index in [-0.39, 0.29) is 16.6 Å². The third-order valence-electron chi connectivity index (χ3n) is 6.52. The van der Waals surface area contributed by atoms with Gasteiger partial charge in [-0.3, -0.25) is 0 Å². The standard InChI is InChI=1S/C20H38N2O2/c1-9-15-11-17(3,4)21(23)19(7,12-15)14-20(8)16(10-2)13-18(5,6)22(20)24/h13,15,23-24H,9-12,14H2,1-8H3. The topological polar surface area (TPSA) is 46.9 Å². The fourth-order valence-corrected chi connectivity index (χ4v) is 5.57. The van der Waals surface area contributed by atoms with E-state index in [0.717, 1.165) is 32.1 Å². The molecule has 140 valence electrons. The van der Waals surface area contributed by atoms with Crippen LogP contribution in [0.5, 0.6) is 0 Å². The second kappa shape index (κ2) is 6.08. The Balaban J connectivity index is 2.38. The first kappa shape index (κ1) is 19.9. The van der Waals surface area contributed by atoms with E-state index < -0.39 is 5.54 Å². The molecule has 0 aromatic carbocycles. The molecule has 0 amide bonds. The van der Waals surface area contributed by atoms with E-state index in [1.807, 2.05) is 13.8 Å². The van der Waals surface area contributed by atoms with Gasteiger partial charge >= 0.3 is 0 Å². The minimum Gasteiger partial charge on any atom is -0.313 e. The number of hydroxylamine groups is 4. The molecule has 0 aromatic rings. The normalized spacial score (nSPS) is 39.9. The predicted octanol–water partition coefficient (Wildman–Crippen LogP) is 5.00. The van der Waals surface area contributed by atoms with E-state index in [2.05, 4.69) is 47.6 Å². The van der Waals surface area contributed by atoms with Gasteiger partial charge in [0.15, 0.2) is 0 Å². The third-order valence-corrected chi connectivity index (χ3v) is 6.52. The summed E-state index contributed by atoms with van der Waals surface area (Å²) >= 11 is 0. The van der Waals surface area contributed by atoms with Crippen molar-refractivity contribution in [2.45, 2.75) is 110 Å². The third kappa shape index (κ3) is 3.07. The SMILES string of the molecule is CCC1=CC(C)(C)N(O)C1(C)CC1(C)CC(CC)CC(C)(C)N1O. The van der Waals surface area contributed by atoms with Gasteiger partial charge in [-0.2, -0.15) is 10.1 Å². The molecule has 2 heterocycles. The molecular weight excluding hydrogens is 300 g/mol. The maximum atomic E-state index is 11.0. The van der Waals surface area contributed by atoms with Crippen LogP contribution in [0, 0.1) is 5.92 Å². The zero-order valence-corrected chi connectivity index (χ0v) is 17.0. The first-order chi connectivity index (χ1) is 10.8. The maximum absolute atomic E-state index is 11.0. The molecule has 1 saturated heterocycles. The van der Waals surface area contributed by atoms with Gasteiger partial charge in [-0.25, -0.2) is 0 Å². The van der Waals surface area contributed by atoms with Crippen molar-refractivity contribution in [2.24, 2.45) is 5.92 Å². The van der Waals surface area contributed by atoms with Crippen LogP contribution in [-0.4, -0.2) is 42.7 Å². The molecule has 3 unspecified atom stereocenters. The summed E-state index contributed by atoms with van der Waals surface area (Å²) in [7, 11) is 0. The van der Waals surface area contributed by atoms with Gasteiger partial charge in [0, 0.05) is 11.1 Å². The fraction of sp³-hybridized carbons (Fsp3) is 0.900. The van der Waals surface area contributed by atoms with Crippen molar-refractivity contribution in [2.75, 3.05) is 0 Å². The lowest BCUT2D eigenvalue weighted by Gasteiger charge is -2.56. The van der Waals surface area contributed by atoms with Crippen LogP contribution in [0.4, 0.5) is 0 Å². The lowest BCUT2D eigenvalue weighted by molar-refractivity contribution is -0.275. The van der Waals surface area contributed by atoms with Crippen molar-refractivity contribution >= 4 is 0 Å². The number of hydrogen-bond acceptors (Lipinski definition) is 4. The van der Waals surface area contributed by atoms with Crippen LogP contribution in [0.2, 0.25) is 0 Å². The van der Waals surface area contributed by atoms with E-state index in [1.165, 1.54) is 10.6 Å². The molecule has 0 bridgehead atoms. The first-order valence-electron chi connectivity index (χ1n) is 9.53. The molecule has 0 spiro atoms. The summed E-state index contributed by atoms with van der Waals surface area (Å²) in [5, 5.41) is 25.1. The van der Waals surface area contributed by atoms with Gasteiger partial charge in [0.25, 0.3) is 0 Å². The van der Waals surface area contributed by atoms with Crippen molar-refractivity contribution < 1.29 is 10.4 Å². The second-order valence-electron chi connectivity index (χ2n) is 9.74. The van der Waals surface area contributed by atoms with Gasteiger partial charge in [-0.05, 0) is 73.1 Å². The first-order valence-corrected chi connectivity index (χ1v) is 9.53. The quantitative estimate of drug-likeness (QED) is 0.708. The molecule has 0 saturated carbocycles. The minimum absolute atomic E-state index is 0.242. The summed E-state index contributed by atoms with van der Waals surface area (Å²) in [4.78, 5) is 0. The molecule has 4 nitrogen and oxygen atoms in total. The van der Waals surface area contributed by atoms with E-state index in [1.54, 1.807) is 5.06 Å². The second-order valence-corrected chi connectivity index (χ2v) is 9.74. The molecule has 1 fully saturated rings. The van der Waals surface area contributed by atoms with Crippen LogP contribution in [-0.2, 0) is 0 Å². The van der Waals surface area contributed by atoms with Crippen molar-refractivity contribution in [1.82, 2.24) is 10.1 Å². The maximum Gasteiger partial charge on any atom is 0.0669 e. The minimum atomic E-state index is -0.445. The number of rotatable bonds is 4. The molecular formula is C20H38N2O2. The Morgan fingerprint density at radius 2 is 1.58 bits per heavy atom. The molecule has 0 aliphatic carbocycles. The predicted molar refractivity (Wildman–Crippen MR) is 98.2 cm³/mol. The number of hydrogen-bond donors (Lipinski definition) is 2. The van der Waals surface area contributed by atoms with Crippen molar-refractivity contribution in [1.29, 1.82) is 0 Å². The fourth-order valence-electron chi connectivity index (χ4n) is 5.57. The Morgan fingerprint density at radius 1 is 1.00 bits per heavy atom.